The maximum atomic E-state index is 10.4. The monoisotopic (exact) mass is 202 g/mol. The average molecular weight is 202 g/mol. The molecule has 0 spiro atoms. The molecule has 0 atom stereocenters. The van der Waals surface area contributed by atoms with Crippen LogP contribution in [0.4, 0.5) is 0 Å². The van der Waals surface area contributed by atoms with Crippen LogP contribution in [0.15, 0.2) is 17.1 Å². The Morgan fingerprint density at radius 3 is 2.67 bits per heavy atom. The predicted octanol–water partition coefficient (Wildman–Crippen LogP) is 1.29. The van der Waals surface area contributed by atoms with E-state index in [2.05, 4.69) is 4.98 Å². The molecule has 3 nitrogen and oxygen atoms in total. The number of hydrogen-bond acceptors (Lipinski definition) is 5. The van der Waals surface area contributed by atoms with Crippen molar-refractivity contribution in [3.8, 4) is 0 Å². The van der Waals surface area contributed by atoms with Crippen molar-refractivity contribution in [2.24, 2.45) is 0 Å². The Labute approximate surface area is 79.9 Å². The van der Waals surface area contributed by atoms with Gasteiger partial charge in [-0.05, 0) is 7.05 Å². The molecule has 1 saturated heterocycles. The molecule has 0 N–H and O–H groups in total. The molecule has 0 bridgehead atoms. The molecule has 0 radical (unpaired) electrons. The fourth-order valence-corrected chi connectivity index (χ4v) is 1.74. The SMILES string of the molecule is CN1CC(=O)CS1.c1cscn1. The molecular formula is C7H10N2OS2. The molecule has 1 aromatic heterocycles. The first-order valence-electron chi connectivity index (χ1n) is 3.47. The fourth-order valence-electron chi connectivity index (χ4n) is 0.698. The molecule has 2 heterocycles. The van der Waals surface area contributed by atoms with E-state index < -0.39 is 0 Å². The molecule has 2 rings (SSSR count). The van der Waals surface area contributed by atoms with Crippen LogP contribution in [0.5, 0.6) is 0 Å². The highest BCUT2D eigenvalue weighted by atomic mass is 32.2. The van der Waals surface area contributed by atoms with Gasteiger partial charge >= 0.3 is 0 Å². The highest BCUT2D eigenvalue weighted by Gasteiger charge is 2.14. The Hall–Kier alpha value is -0.390. The first-order valence-corrected chi connectivity index (χ1v) is 5.35. The van der Waals surface area contributed by atoms with Crippen molar-refractivity contribution in [2.45, 2.75) is 0 Å². The largest absolute Gasteiger partial charge is 0.297 e. The molecule has 1 aliphatic rings. The summed E-state index contributed by atoms with van der Waals surface area (Å²) < 4.78 is 1.95. The van der Waals surface area contributed by atoms with Crippen LogP contribution in [-0.4, -0.2) is 34.4 Å². The van der Waals surface area contributed by atoms with Crippen molar-refractivity contribution in [3.05, 3.63) is 17.1 Å². The summed E-state index contributed by atoms with van der Waals surface area (Å²) in [6.45, 7) is 0.630. The van der Waals surface area contributed by atoms with Gasteiger partial charge < -0.3 is 0 Å². The van der Waals surface area contributed by atoms with E-state index in [0.29, 0.717) is 18.1 Å². The van der Waals surface area contributed by atoms with Crippen LogP contribution in [0.3, 0.4) is 0 Å². The highest BCUT2D eigenvalue weighted by molar-refractivity contribution is 7.98. The number of ketones is 1. The van der Waals surface area contributed by atoms with Crippen LogP contribution >= 0.6 is 23.3 Å². The Kier molecular flexibility index (Phi) is 4.27. The summed E-state index contributed by atoms with van der Waals surface area (Å²) in [5.41, 5.74) is 1.79. The van der Waals surface area contributed by atoms with Gasteiger partial charge in [-0.3, -0.25) is 9.78 Å². The van der Waals surface area contributed by atoms with E-state index in [1.165, 1.54) is 0 Å². The maximum Gasteiger partial charge on any atom is 0.158 e. The average Bonchev–Trinajstić information content (AvgIpc) is 2.63. The van der Waals surface area contributed by atoms with Crippen LogP contribution in [0.2, 0.25) is 0 Å². The summed E-state index contributed by atoms with van der Waals surface area (Å²) in [6, 6.07) is 0. The van der Waals surface area contributed by atoms with Gasteiger partial charge in [0.2, 0.25) is 0 Å². The van der Waals surface area contributed by atoms with Crippen LogP contribution < -0.4 is 0 Å². The van der Waals surface area contributed by atoms with E-state index in [4.69, 9.17) is 0 Å². The summed E-state index contributed by atoms with van der Waals surface area (Å²) in [4.78, 5) is 14.1. The summed E-state index contributed by atoms with van der Waals surface area (Å²) in [7, 11) is 1.93. The number of carbonyl (C=O) groups is 1. The second kappa shape index (κ2) is 5.29. The van der Waals surface area contributed by atoms with Gasteiger partial charge in [0.05, 0.1) is 17.8 Å². The number of aromatic nitrogens is 1. The van der Waals surface area contributed by atoms with E-state index in [0.717, 1.165) is 0 Å². The number of rotatable bonds is 0. The van der Waals surface area contributed by atoms with E-state index in [1.54, 1.807) is 35.0 Å². The number of likely N-dealkylation sites (N-methyl/N-ethyl adjacent to an activating group) is 1. The normalized spacial score (nSPS) is 17.2. The molecule has 5 heteroatoms. The van der Waals surface area contributed by atoms with Gasteiger partial charge in [-0.15, -0.1) is 11.3 Å². The van der Waals surface area contributed by atoms with Gasteiger partial charge in [0.25, 0.3) is 0 Å². The molecule has 0 aromatic carbocycles. The van der Waals surface area contributed by atoms with Crippen molar-refractivity contribution in [3.63, 3.8) is 0 Å². The van der Waals surface area contributed by atoms with E-state index >= 15 is 0 Å². The van der Waals surface area contributed by atoms with E-state index in [1.807, 2.05) is 16.7 Å². The van der Waals surface area contributed by atoms with Crippen LogP contribution in [0, 0.1) is 0 Å². The van der Waals surface area contributed by atoms with Crippen molar-refractivity contribution >= 4 is 29.1 Å². The smallest absolute Gasteiger partial charge is 0.158 e. The second-order valence-corrected chi connectivity index (χ2v) is 4.20. The first kappa shape index (κ1) is 9.70. The quantitative estimate of drug-likeness (QED) is 0.594. The predicted molar refractivity (Wildman–Crippen MR) is 52.2 cm³/mol. The summed E-state index contributed by atoms with van der Waals surface area (Å²) in [5, 5.41) is 1.93. The van der Waals surface area contributed by atoms with Crippen LogP contribution in [-0.2, 0) is 4.79 Å². The molecule has 0 unspecified atom stereocenters. The standard InChI is InChI=1S/C4H7NOS.C3H3NS/c1-5-2-4(6)3-7-5;1-2-5-3-4-1/h2-3H2,1H3;1-3H. The molecule has 0 aliphatic carbocycles. The number of nitrogens with zero attached hydrogens (tertiary/aromatic N) is 2. The van der Waals surface area contributed by atoms with Gasteiger partial charge in [0.15, 0.2) is 5.78 Å². The zero-order chi connectivity index (χ0) is 8.81. The maximum absolute atomic E-state index is 10.4. The third-order valence-corrected chi connectivity index (χ3v) is 2.74. The molecular weight excluding hydrogens is 192 g/mol. The minimum atomic E-state index is 0.340. The van der Waals surface area contributed by atoms with E-state index in [9.17, 15) is 4.79 Å². The molecule has 1 aliphatic heterocycles. The minimum Gasteiger partial charge on any atom is -0.297 e. The zero-order valence-electron chi connectivity index (χ0n) is 6.77. The lowest BCUT2D eigenvalue weighted by Crippen LogP contribution is -2.08. The Balaban J connectivity index is 0.000000127. The van der Waals surface area contributed by atoms with E-state index in [-0.39, 0.29) is 0 Å². The van der Waals surface area contributed by atoms with Gasteiger partial charge in [-0.2, -0.15) is 0 Å². The Morgan fingerprint density at radius 1 is 1.67 bits per heavy atom. The third-order valence-electron chi connectivity index (χ3n) is 1.19. The lowest BCUT2D eigenvalue weighted by atomic mass is 10.5. The Bertz CT molecular complexity index is 208. The molecule has 66 valence electrons. The van der Waals surface area contributed by atoms with Crippen molar-refractivity contribution in [1.82, 2.24) is 9.29 Å². The summed E-state index contributed by atoms with van der Waals surface area (Å²) in [5.74, 6) is 1.02. The van der Waals surface area contributed by atoms with Gasteiger partial charge in [0.1, 0.15) is 0 Å². The summed E-state index contributed by atoms with van der Waals surface area (Å²) in [6.07, 6.45) is 1.77. The molecule has 0 saturated carbocycles. The highest BCUT2D eigenvalue weighted by Crippen LogP contribution is 2.12. The number of carbonyl (C=O) groups excluding carboxylic acids is 1. The van der Waals surface area contributed by atoms with Gasteiger partial charge in [-0.1, -0.05) is 11.9 Å². The first-order chi connectivity index (χ1) is 5.79. The van der Waals surface area contributed by atoms with Crippen molar-refractivity contribution in [1.29, 1.82) is 0 Å². The van der Waals surface area contributed by atoms with Gasteiger partial charge in [0, 0.05) is 11.6 Å². The molecule has 1 fully saturated rings. The number of hydrogen-bond donors (Lipinski definition) is 0. The Morgan fingerprint density at radius 2 is 2.50 bits per heavy atom. The lowest BCUT2D eigenvalue weighted by Gasteiger charge is -1.98. The van der Waals surface area contributed by atoms with Crippen molar-refractivity contribution < 1.29 is 4.79 Å². The fraction of sp³-hybridized carbons (Fsp3) is 0.429. The van der Waals surface area contributed by atoms with Crippen molar-refractivity contribution in [2.75, 3.05) is 19.3 Å². The third kappa shape index (κ3) is 3.85. The summed E-state index contributed by atoms with van der Waals surface area (Å²) >= 11 is 3.19. The van der Waals surface area contributed by atoms with Gasteiger partial charge in [-0.25, -0.2) is 4.31 Å². The molecule has 0 amide bonds. The zero-order valence-corrected chi connectivity index (χ0v) is 8.40. The second-order valence-electron chi connectivity index (χ2n) is 2.27. The van der Waals surface area contributed by atoms with Crippen LogP contribution in [0.1, 0.15) is 0 Å². The number of Topliss-reactive ketones (excluding diaryl/α,β-unsaturated/α-hetero) is 1. The lowest BCUT2D eigenvalue weighted by molar-refractivity contribution is -0.115. The minimum absolute atomic E-state index is 0.340. The molecule has 1 aromatic rings. The molecule has 12 heavy (non-hydrogen) atoms. The topological polar surface area (TPSA) is 33.2 Å². The van der Waals surface area contributed by atoms with Crippen LogP contribution in [0.25, 0.3) is 0 Å². The number of thiazole rings is 1.